The average Bonchev–Trinajstić information content (AvgIpc) is 3.02. The summed E-state index contributed by atoms with van der Waals surface area (Å²) in [7, 11) is 1.48. The lowest BCUT2D eigenvalue weighted by atomic mass is 10.1. The summed E-state index contributed by atoms with van der Waals surface area (Å²) in [6.45, 7) is -0.433. The summed E-state index contributed by atoms with van der Waals surface area (Å²) < 4.78 is 5.40. The van der Waals surface area contributed by atoms with Crippen molar-refractivity contribution in [3.8, 4) is 0 Å². The second-order valence-electron chi connectivity index (χ2n) is 4.81. The number of fused-ring (bicyclic) bond motifs is 1. The van der Waals surface area contributed by atoms with Gasteiger partial charge in [-0.15, -0.1) is 0 Å². The van der Waals surface area contributed by atoms with Crippen LogP contribution >= 0.6 is 0 Å². The number of aliphatic hydroxyl groups excluding tert-OH is 3. The van der Waals surface area contributed by atoms with Gasteiger partial charge >= 0.3 is 0 Å². The second-order valence-corrected chi connectivity index (χ2v) is 4.81. The zero-order chi connectivity index (χ0) is 15.1. The van der Waals surface area contributed by atoms with Crippen molar-refractivity contribution in [3.05, 3.63) is 0 Å². The van der Waals surface area contributed by atoms with Gasteiger partial charge in [0.05, 0.1) is 12.9 Å². The molecule has 1 fully saturated rings. The van der Waals surface area contributed by atoms with Crippen LogP contribution in [0.5, 0.6) is 0 Å². The van der Waals surface area contributed by atoms with Gasteiger partial charge in [0.1, 0.15) is 18.3 Å². The summed E-state index contributed by atoms with van der Waals surface area (Å²) in [5, 5.41) is 31.4. The van der Waals surface area contributed by atoms with Gasteiger partial charge in [0.2, 0.25) is 5.96 Å². The lowest BCUT2D eigenvalue weighted by Crippen LogP contribution is -2.53. The van der Waals surface area contributed by atoms with Gasteiger partial charge in [-0.25, -0.2) is 0 Å². The van der Waals surface area contributed by atoms with E-state index in [1.807, 2.05) is 0 Å². The van der Waals surface area contributed by atoms with Gasteiger partial charge in [-0.05, 0) is 0 Å². The van der Waals surface area contributed by atoms with Gasteiger partial charge in [0.25, 0.3) is 5.91 Å². The number of amidine groups is 1. The molecule has 3 aliphatic heterocycles. The Morgan fingerprint density at radius 3 is 2.86 bits per heavy atom. The first-order chi connectivity index (χ1) is 10.1. The largest absolute Gasteiger partial charge is 0.394 e. The summed E-state index contributed by atoms with van der Waals surface area (Å²) in [5.74, 6) is 0.00813. The number of carbonyl (C=O) groups excluding carboxylic acids is 1. The summed E-state index contributed by atoms with van der Waals surface area (Å²) in [6, 6.07) is -0.836. The van der Waals surface area contributed by atoms with E-state index in [-0.39, 0.29) is 17.7 Å². The first kappa shape index (κ1) is 14.1. The Bertz CT molecular complexity index is 547. The lowest BCUT2D eigenvalue weighted by Gasteiger charge is -2.28. The number of ether oxygens (including phenoxy) is 1. The molecule has 114 valence electrons. The maximum absolute atomic E-state index is 11.9. The van der Waals surface area contributed by atoms with E-state index in [2.05, 4.69) is 20.3 Å². The Hall–Kier alpha value is -1.88. The van der Waals surface area contributed by atoms with Gasteiger partial charge in [-0.3, -0.25) is 25.0 Å². The van der Waals surface area contributed by atoms with Crippen LogP contribution in [-0.4, -0.2) is 88.5 Å². The van der Waals surface area contributed by atoms with Crippen molar-refractivity contribution in [1.82, 2.24) is 10.2 Å². The number of nitrogens with zero attached hydrogens (tertiary/aromatic N) is 4. The van der Waals surface area contributed by atoms with Crippen LogP contribution in [0, 0.1) is 0 Å². The highest BCUT2D eigenvalue weighted by Crippen LogP contribution is 2.26. The number of carbonyl (C=O) groups is 1. The minimum atomic E-state index is -1.26. The monoisotopic (exact) mass is 297 g/mol. The Labute approximate surface area is 119 Å². The van der Waals surface area contributed by atoms with E-state index in [1.54, 1.807) is 0 Å². The van der Waals surface area contributed by atoms with Gasteiger partial charge in [0.15, 0.2) is 18.1 Å². The van der Waals surface area contributed by atoms with Gasteiger partial charge in [-0.2, -0.15) is 4.99 Å². The summed E-state index contributed by atoms with van der Waals surface area (Å²) in [6.07, 6.45) is -3.06. The van der Waals surface area contributed by atoms with Crippen molar-refractivity contribution in [3.63, 3.8) is 0 Å². The number of guanidine groups is 1. The summed E-state index contributed by atoms with van der Waals surface area (Å²) in [5.41, 5.74) is 0. The molecule has 3 heterocycles. The molecule has 0 spiro atoms. The van der Waals surface area contributed by atoms with E-state index in [0.29, 0.717) is 0 Å². The third-order valence-electron chi connectivity index (χ3n) is 3.56. The predicted octanol–water partition coefficient (Wildman–Crippen LogP) is -3.35. The predicted molar refractivity (Wildman–Crippen MR) is 70.8 cm³/mol. The van der Waals surface area contributed by atoms with Crippen molar-refractivity contribution in [2.45, 2.75) is 30.6 Å². The van der Waals surface area contributed by atoms with E-state index in [0.717, 1.165) is 0 Å². The van der Waals surface area contributed by atoms with Crippen LogP contribution in [0.2, 0.25) is 0 Å². The third-order valence-corrected chi connectivity index (χ3v) is 3.56. The molecular formula is C11H15N5O5. The molecule has 5 atom stereocenters. The van der Waals surface area contributed by atoms with Crippen molar-refractivity contribution < 1.29 is 24.9 Å². The van der Waals surface area contributed by atoms with Crippen molar-refractivity contribution in [2.75, 3.05) is 13.7 Å². The summed E-state index contributed by atoms with van der Waals surface area (Å²) >= 11 is 0. The van der Waals surface area contributed by atoms with Gasteiger partial charge < -0.3 is 20.1 Å². The Morgan fingerprint density at radius 1 is 1.48 bits per heavy atom. The van der Waals surface area contributed by atoms with E-state index < -0.39 is 37.2 Å². The molecular weight excluding hydrogens is 282 g/mol. The van der Waals surface area contributed by atoms with Crippen LogP contribution in [-0.2, 0) is 9.53 Å². The van der Waals surface area contributed by atoms with Crippen LogP contribution in [0.3, 0.4) is 0 Å². The van der Waals surface area contributed by atoms with E-state index in [4.69, 9.17) is 9.84 Å². The number of rotatable bonds is 2. The van der Waals surface area contributed by atoms with Crippen molar-refractivity contribution in [1.29, 1.82) is 0 Å². The molecule has 0 aromatic carbocycles. The molecule has 21 heavy (non-hydrogen) atoms. The number of nitrogens with one attached hydrogen (secondary N) is 1. The highest BCUT2D eigenvalue weighted by molar-refractivity contribution is 6.23. The topological polar surface area (TPSA) is 139 Å². The van der Waals surface area contributed by atoms with E-state index in [1.165, 1.54) is 18.3 Å². The normalized spacial score (nSPS) is 40.5. The van der Waals surface area contributed by atoms with Crippen LogP contribution in [0.4, 0.5) is 0 Å². The first-order valence-corrected chi connectivity index (χ1v) is 6.37. The highest BCUT2D eigenvalue weighted by Gasteiger charge is 2.49. The molecule has 0 aromatic rings. The Morgan fingerprint density at radius 2 is 2.24 bits per heavy atom. The third kappa shape index (κ3) is 2.12. The molecule has 3 rings (SSSR count). The molecule has 3 aliphatic rings. The van der Waals surface area contributed by atoms with Crippen molar-refractivity contribution in [2.24, 2.45) is 15.0 Å². The van der Waals surface area contributed by atoms with Crippen LogP contribution in [0.15, 0.2) is 15.0 Å². The zero-order valence-corrected chi connectivity index (χ0v) is 11.1. The fourth-order valence-corrected chi connectivity index (χ4v) is 2.44. The fourth-order valence-electron chi connectivity index (χ4n) is 2.44. The maximum atomic E-state index is 11.9. The number of amides is 1. The Balaban J connectivity index is 1.89. The smallest absolute Gasteiger partial charge is 0.259 e. The SMILES string of the molecule is CN=C1N=C2C(N=CN2[C@@H]2O[C@H](CO)[C@@H](O)[C@H]2O)C(=O)N1. The Kier molecular flexibility index (Phi) is 3.45. The molecule has 0 aliphatic carbocycles. The van der Waals surface area contributed by atoms with Gasteiger partial charge in [0, 0.05) is 7.05 Å². The molecule has 1 saturated heterocycles. The summed E-state index contributed by atoms with van der Waals surface area (Å²) in [4.78, 5) is 25.2. The van der Waals surface area contributed by atoms with Crippen LogP contribution in [0.25, 0.3) is 0 Å². The van der Waals surface area contributed by atoms with E-state index in [9.17, 15) is 15.0 Å². The molecule has 0 saturated carbocycles. The standard InChI is InChI=1S/C11H15N5O5/c1-12-11-14-8-5(9(20)15-11)13-3-16(8)10-7(19)6(18)4(2-17)21-10/h3-7,10,17-19H,2H2,1H3,(H,12,15,20)/t4-,5?,6-,7-,10-/m1/s1. The molecule has 0 bridgehead atoms. The highest BCUT2D eigenvalue weighted by atomic mass is 16.6. The number of hydrogen-bond acceptors (Lipinski definition) is 8. The zero-order valence-electron chi connectivity index (χ0n) is 11.1. The van der Waals surface area contributed by atoms with Gasteiger partial charge in [-0.1, -0.05) is 0 Å². The molecule has 1 amide bonds. The maximum Gasteiger partial charge on any atom is 0.259 e. The first-order valence-electron chi connectivity index (χ1n) is 6.37. The fraction of sp³-hybridized carbons (Fsp3) is 0.636. The second kappa shape index (κ2) is 5.15. The molecule has 0 aromatic heterocycles. The number of aliphatic hydroxyl groups is 3. The molecule has 10 nitrogen and oxygen atoms in total. The minimum Gasteiger partial charge on any atom is -0.394 e. The minimum absolute atomic E-state index is 0.133. The lowest BCUT2D eigenvalue weighted by molar-refractivity contribution is -0.119. The molecule has 0 radical (unpaired) electrons. The van der Waals surface area contributed by atoms with Crippen LogP contribution in [0.1, 0.15) is 0 Å². The number of hydrogen-bond donors (Lipinski definition) is 4. The molecule has 4 N–H and O–H groups in total. The average molecular weight is 297 g/mol. The van der Waals surface area contributed by atoms with Crippen LogP contribution < -0.4 is 5.32 Å². The quantitative estimate of drug-likeness (QED) is 0.420. The molecule has 1 unspecified atom stereocenters. The van der Waals surface area contributed by atoms with E-state index >= 15 is 0 Å². The number of aliphatic imine (C=N–C) groups is 3. The van der Waals surface area contributed by atoms with Crippen molar-refractivity contribution >= 4 is 24.0 Å². The molecule has 10 heteroatoms.